The molecule has 0 amide bonds. The SMILES string of the molecule is CNP1(=O)CCN(C)CC1. The van der Waals surface area contributed by atoms with Gasteiger partial charge < -0.3 is 9.46 Å². The van der Waals surface area contributed by atoms with Gasteiger partial charge in [-0.1, -0.05) is 0 Å². The lowest BCUT2D eigenvalue weighted by Crippen LogP contribution is -2.34. The molecule has 0 spiro atoms. The highest BCUT2D eigenvalue weighted by atomic mass is 31.2. The van der Waals surface area contributed by atoms with Gasteiger partial charge in [0, 0.05) is 25.4 Å². The van der Waals surface area contributed by atoms with Crippen LogP contribution in [0, 0.1) is 0 Å². The Labute approximate surface area is 62.2 Å². The summed E-state index contributed by atoms with van der Waals surface area (Å²) in [5.41, 5.74) is 0. The van der Waals surface area contributed by atoms with Crippen molar-refractivity contribution in [2.24, 2.45) is 0 Å². The predicted octanol–water partition coefficient (Wildman–Crippen LogP) is 0.429. The van der Waals surface area contributed by atoms with Gasteiger partial charge in [0.05, 0.1) is 0 Å². The number of nitrogens with one attached hydrogen (secondary N) is 1. The Morgan fingerprint density at radius 3 is 2.30 bits per heavy atom. The van der Waals surface area contributed by atoms with Crippen LogP contribution in [0.15, 0.2) is 0 Å². The highest BCUT2D eigenvalue weighted by Crippen LogP contribution is 2.41. The summed E-state index contributed by atoms with van der Waals surface area (Å²) in [7, 11) is 1.94. The summed E-state index contributed by atoms with van der Waals surface area (Å²) in [6.07, 6.45) is 1.67. The van der Waals surface area contributed by atoms with Gasteiger partial charge in [0.25, 0.3) is 0 Å². The van der Waals surface area contributed by atoms with Gasteiger partial charge in [-0.05, 0) is 14.1 Å². The highest BCUT2D eigenvalue weighted by Gasteiger charge is 2.24. The van der Waals surface area contributed by atoms with E-state index in [4.69, 9.17) is 0 Å². The van der Waals surface area contributed by atoms with E-state index in [-0.39, 0.29) is 0 Å². The standard InChI is InChI=1S/C6H15N2OP/c1-7-10(9)5-3-8(2)4-6-10/h3-6H2,1-2H3,(H,7,9). The summed E-state index contributed by atoms with van der Waals surface area (Å²) in [6, 6.07) is 0. The van der Waals surface area contributed by atoms with Gasteiger partial charge in [-0.2, -0.15) is 0 Å². The first-order chi connectivity index (χ1) is 4.66. The zero-order chi connectivity index (χ0) is 7.61. The first kappa shape index (κ1) is 8.25. The van der Waals surface area contributed by atoms with Gasteiger partial charge in [-0.15, -0.1) is 0 Å². The fraction of sp³-hybridized carbons (Fsp3) is 1.00. The third-order valence-corrected chi connectivity index (χ3v) is 4.75. The molecule has 0 bridgehead atoms. The molecular formula is C6H15N2OP. The molecule has 0 aromatic carbocycles. The molecule has 1 heterocycles. The van der Waals surface area contributed by atoms with E-state index in [0.29, 0.717) is 0 Å². The van der Waals surface area contributed by atoms with Crippen LogP contribution in [0.25, 0.3) is 0 Å². The monoisotopic (exact) mass is 162 g/mol. The summed E-state index contributed by atoms with van der Waals surface area (Å²) in [5, 5.41) is 2.93. The van der Waals surface area contributed by atoms with Crippen LogP contribution in [0.1, 0.15) is 0 Å². The molecule has 60 valence electrons. The van der Waals surface area contributed by atoms with Crippen molar-refractivity contribution in [1.29, 1.82) is 0 Å². The molecule has 1 saturated heterocycles. The summed E-state index contributed by atoms with van der Waals surface area (Å²) in [4.78, 5) is 2.22. The van der Waals surface area contributed by atoms with Crippen molar-refractivity contribution in [2.75, 3.05) is 39.5 Å². The van der Waals surface area contributed by atoms with Crippen LogP contribution >= 0.6 is 7.29 Å². The Morgan fingerprint density at radius 1 is 1.40 bits per heavy atom. The minimum atomic E-state index is -1.92. The Morgan fingerprint density at radius 2 is 1.90 bits per heavy atom. The van der Waals surface area contributed by atoms with Crippen LogP contribution in [0.3, 0.4) is 0 Å². The van der Waals surface area contributed by atoms with Crippen molar-refractivity contribution >= 4 is 7.29 Å². The van der Waals surface area contributed by atoms with Gasteiger partial charge in [-0.3, -0.25) is 5.09 Å². The van der Waals surface area contributed by atoms with Crippen molar-refractivity contribution in [2.45, 2.75) is 0 Å². The summed E-state index contributed by atoms with van der Waals surface area (Å²) >= 11 is 0. The van der Waals surface area contributed by atoms with Crippen molar-refractivity contribution in [1.82, 2.24) is 9.99 Å². The number of hydrogen-bond acceptors (Lipinski definition) is 2. The third-order valence-electron chi connectivity index (χ3n) is 2.09. The van der Waals surface area contributed by atoms with E-state index >= 15 is 0 Å². The molecule has 0 unspecified atom stereocenters. The lowest BCUT2D eigenvalue weighted by molar-refractivity contribution is 0.358. The zero-order valence-electron chi connectivity index (χ0n) is 6.63. The quantitative estimate of drug-likeness (QED) is 0.567. The van der Waals surface area contributed by atoms with E-state index in [0.717, 1.165) is 25.4 Å². The molecule has 0 aromatic rings. The van der Waals surface area contributed by atoms with Crippen molar-refractivity contribution in [3.63, 3.8) is 0 Å². The molecule has 10 heavy (non-hydrogen) atoms. The third kappa shape index (κ3) is 1.82. The molecule has 3 nitrogen and oxygen atoms in total. The summed E-state index contributed by atoms with van der Waals surface area (Å²) in [5.74, 6) is 0. The second-order valence-corrected chi connectivity index (χ2v) is 5.98. The van der Waals surface area contributed by atoms with Gasteiger partial charge in [-0.25, -0.2) is 0 Å². The Bertz CT molecular complexity index is 148. The molecule has 1 N–H and O–H groups in total. The molecule has 0 radical (unpaired) electrons. The predicted molar refractivity (Wildman–Crippen MR) is 43.9 cm³/mol. The highest BCUT2D eigenvalue weighted by molar-refractivity contribution is 7.62. The molecular weight excluding hydrogens is 147 g/mol. The normalized spacial score (nSPS) is 26.6. The van der Waals surface area contributed by atoms with Gasteiger partial charge in [0.2, 0.25) is 0 Å². The molecule has 1 fully saturated rings. The fourth-order valence-corrected chi connectivity index (χ4v) is 3.11. The van der Waals surface area contributed by atoms with E-state index in [1.54, 1.807) is 7.05 Å². The Kier molecular flexibility index (Phi) is 2.50. The fourth-order valence-electron chi connectivity index (χ4n) is 1.11. The topological polar surface area (TPSA) is 32.3 Å². The lowest BCUT2D eigenvalue weighted by Gasteiger charge is -2.28. The molecule has 0 atom stereocenters. The van der Waals surface area contributed by atoms with Gasteiger partial charge in [0.1, 0.15) is 7.29 Å². The average molecular weight is 162 g/mol. The second kappa shape index (κ2) is 3.04. The number of rotatable bonds is 1. The van der Waals surface area contributed by atoms with Crippen LogP contribution in [0.4, 0.5) is 0 Å². The maximum atomic E-state index is 11.6. The average Bonchev–Trinajstić information content (AvgIpc) is 1.96. The van der Waals surface area contributed by atoms with Crippen LogP contribution < -0.4 is 5.09 Å². The molecule has 1 rings (SSSR count). The van der Waals surface area contributed by atoms with E-state index in [9.17, 15) is 4.57 Å². The van der Waals surface area contributed by atoms with E-state index in [1.165, 1.54) is 0 Å². The van der Waals surface area contributed by atoms with Crippen molar-refractivity contribution in [3.8, 4) is 0 Å². The molecule has 0 saturated carbocycles. The molecule has 1 aliphatic rings. The molecule has 0 aliphatic carbocycles. The van der Waals surface area contributed by atoms with E-state index in [2.05, 4.69) is 17.0 Å². The Balaban J connectivity index is 2.46. The number of hydrogen-bond donors (Lipinski definition) is 1. The molecule has 1 aliphatic heterocycles. The second-order valence-electron chi connectivity index (χ2n) is 2.86. The minimum absolute atomic E-state index is 0.833. The molecule has 0 aromatic heterocycles. The number of nitrogens with zero attached hydrogens (tertiary/aromatic N) is 1. The van der Waals surface area contributed by atoms with Gasteiger partial charge in [0.15, 0.2) is 0 Å². The zero-order valence-corrected chi connectivity index (χ0v) is 7.53. The van der Waals surface area contributed by atoms with Crippen LogP contribution in [-0.2, 0) is 4.57 Å². The minimum Gasteiger partial charge on any atom is -0.307 e. The molecule has 4 heteroatoms. The maximum Gasteiger partial charge on any atom is 0.150 e. The van der Waals surface area contributed by atoms with Crippen LogP contribution in [-0.4, -0.2) is 44.4 Å². The van der Waals surface area contributed by atoms with Gasteiger partial charge >= 0.3 is 0 Å². The van der Waals surface area contributed by atoms with E-state index in [1.807, 2.05) is 0 Å². The van der Waals surface area contributed by atoms with Crippen LogP contribution in [0.5, 0.6) is 0 Å². The first-order valence-corrected chi connectivity index (χ1v) is 5.70. The van der Waals surface area contributed by atoms with Crippen molar-refractivity contribution < 1.29 is 4.57 Å². The lowest BCUT2D eigenvalue weighted by atomic mass is 10.6. The smallest absolute Gasteiger partial charge is 0.150 e. The Hall–Kier alpha value is 0.150. The van der Waals surface area contributed by atoms with Crippen molar-refractivity contribution in [3.05, 3.63) is 0 Å². The summed E-state index contributed by atoms with van der Waals surface area (Å²) < 4.78 is 11.6. The van der Waals surface area contributed by atoms with E-state index < -0.39 is 7.29 Å². The first-order valence-electron chi connectivity index (χ1n) is 3.62. The summed E-state index contributed by atoms with van der Waals surface area (Å²) in [6.45, 7) is 1.94. The largest absolute Gasteiger partial charge is 0.307 e. The maximum absolute atomic E-state index is 11.6. The van der Waals surface area contributed by atoms with Crippen LogP contribution in [0.2, 0.25) is 0 Å².